The minimum Gasteiger partial charge on any atom is -0.493 e. The van der Waals surface area contributed by atoms with Crippen LogP contribution in [0.2, 0.25) is 5.02 Å². The van der Waals surface area contributed by atoms with Crippen molar-refractivity contribution in [2.75, 3.05) is 19.5 Å². The molecule has 150 valence electrons. The quantitative estimate of drug-likeness (QED) is 0.554. The van der Waals surface area contributed by atoms with Crippen LogP contribution in [-0.4, -0.2) is 20.1 Å². The second-order valence-electron chi connectivity index (χ2n) is 6.43. The summed E-state index contributed by atoms with van der Waals surface area (Å²) in [7, 11) is 3.24. The summed E-state index contributed by atoms with van der Waals surface area (Å²) >= 11 is 6.10. The Balaban J connectivity index is 1.59. The zero-order valence-electron chi connectivity index (χ0n) is 16.4. The number of carbonyl (C=O) groups is 1. The van der Waals surface area contributed by atoms with Crippen LogP contribution in [0.25, 0.3) is 0 Å². The van der Waals surface area contributed by atoms with Crippen LogP contribution in [-0.2, 0) is 13.1 Å². The van der Waals surface area contributed by atoms with E-state index in [9.17, 15) is 4.79 Å². The van der Waals surface area contributed by atoms with Gasteiger partial charge in [0.1, 0.15) is 0 Å². The first-order valence-electron chi connectivity index (χ1n) is 9.17. The van der Waals surface area contributed by atoms with Gasteiger partial charge in [0.2, 0.25) is 0 Å². The lowest BCUT2D eigenvalue weighted by Gasteiger charge is -2.11. The van der Waals surface area contributed by atoms with E-state index in [4.69, 9.17) is 21.1 Å². The third-order valence-electron chi connectivity index (χ3n) is 4.41. The molecule has 0 fully saturated rings. The molecule has 2 N–H and O–H groups in total. The molecule has 0 radical (unpaired) electrons. The Morgan fingerprint density at radius 1 is 0.862 bits per heavy atom. The Labute approximate surface area is 175 Å². The second kappa shape index (κ2) is 9.96. The molecule has 3 rings (SSSR count). The number of amides is 1. The monoisotopic (exact) mass is 410 g/mol. The summed E-state index contributed by atoms with van der Waals surface area (Å²) in [6.07, 6.45) is 0. The van der Waals surface area contributed by atoms with Gasteiger partial charge < -0.3 is 20.1 Å². The molecule has 0 aliphatic carbocycles. The lowest BCUT2D eigenvalue weighted by atomic mass is 10.1. The van der Waals surface area contributed by atoms with E-state index in [0.717, 1.165) is 16.8 Å². The van der Waals surface area contributed by atoms with Gasteiger partial charge in [0.05, 0.1) is 24.8 Å². The van der Waals surface area contributed by atoms with Crippen LogP contribution in [0.4, 0.5) is 5.69 Å². The predicted molar refractivity (Wildman–Crippen MR) is 116 cm³/mol. The Morgan fingerprint density at radius 2 is 1.59 bits per heavy atom. The highest BCUT2D eigenvalue weighted by Crippen LogP contribution is 2.27. The number of nitrogens with one attached hydrogen (secondary N) is 2. The number of ether oxygens (including phenoxy) is 2. The van der Waals surface area contributed by atoms with E-state index in [0.29, 0.717) is 35.2 Å². The molecule has 3 aromatic rings. The van der Waals surface area contributed by atoms with Crippen LogP contribution in [0.15, 0.2) is 66.7 Å². The molecule has 0 bridgehead atoms. The van der Waals surface area contributed by atoms with Crippen molar-refractivity contribution in [3.8, 4) is 11.5 Å². The zero-order valence-corrected chi connectivity index (χ0v) is 17.1. The maximum absolute atomic E-state index is 12.4. The Morgan fingerprint density at radius 3 is 2.31 bits per heavy atom. The molecule has 0 aliphatic heterocycles. The number of hydrogen-bond donors (Lipinski definition) is 2. The van der Waals surface area contributed by atoms with Gasteiger partial charge in [0, 0.05) is 18.8 Å². The fraction of sp³-hybridized carbons (Fsp3) is 0.174. The molecule has 0 aromatic heterocycles. The van der Waals surface area contributed by atoms with Crippen molar-refractivity contribution in [1.29, 1.82) is 0 Å². The van der Waals surface area contributed by atoms with Gasteiger partial charge in [0.25, 0.3) is 5.91 Å². The molecule has 29 heavy (non-hydrogen) atoms. The van der Waals surface area contributed by atoms with Gasteiger partial charge in [-0.15, -0.1) is 0 Å². The fourth-order valence-electron chi connectivity index (χ4n) is 2.94. The molecule has 0 atom stereocenters. The summed E-state index contributed by atoms with van der Waals surface area (Å²) in [5.41, 5.74) is 3.32. The van der Waals surface area contributed by atoms with Gasteiger partial charge in [-0.05, 0) is 47.5 Å². The first kappa shape index (κ1) is 20.7. The van der Waals surface area contributed by atoms with E-state index in [2.05, 4.69) is 10.6 Å². The smallest absolute Gasteiger partial charge is 0.257 e. The standard InChI is InChI=1S/C23H23ClN2O3/c1-28-21-11-10-17(13-22(21)29-2)15-25-14-16-6-5-7-18(12-16)26-23(27)19-8-3-4-9-20(19)24/h3-13,25H,14-15H2,1-2H3,(H,26,27). The Bertz CT molecular complexity index is 991. The van der Waals surface area contributed by atoms with Crippen molar-refractivity contribution in [1.82, 2.24) is 5.32 Å². The topological polar surface area (TPSA) is 59.6 Å². The third-order valence-corrected chi connectivity index (χ3v) is 4.74. The third kappa shape index (κ3) is 5.50. The highest BCUT2D eigenvalue weighted by molar-refractivity contribution is 6.34. The van der Waals surface area contributed by atoms with Crippen molar-refractivity contribution in [2.45, 2.75) is 13.1 Å². The average Bonchev–Trinajstić information content (AvgIpc) is 2.74. The molecule has 1 amide bonds. The molecule has 0 heterocycles. The van der Waals surface area contributed by atoms with Crippen molar-refractivity contribution < 1.29 is 14.3 Å². The highest BCUT2D eigenvalue weighted by atomic mass is 35.5. The maximum atomic E-state index is 12.4. The summed E-state index contributed by atoms with van der Waals surface area (Å²) in [5.74, 6) is 1.18. The molecular formula is C23H23ClN2O3. The highest BCUT2D eigenvalue weighted by Gasteiger charge is 2.10. The number of carbonyl (C=O) groups excluding carboxylic acids is 1. The SMILES string of the molecule is COc1ccc(CNCc2cccc(NC(=O)c3ccccc3Cl)c2)cc1OC. The number of rotatable bonds is 8. The summed E-state index contributed by atoms with van der Waals surface area (Å²) in [6.45, 7) is 1.33. The molecular weight excluding hydrogens is 388 g/mol. The van der Waals surface area contributed by atoms with E-state index in [-0.39, 0.29) is 5.91 Å². The number of halogens is 1. The predicted octanol–water partition coefficient (Wildman–Crippen LogP) is 4.90. The lowest BCUT2D eigenvalue weighted by molar-refractivity contribution is 0.102. The molecule has 0 unspecified atom stereocenters. The lowest BCUT2D eigenvalue weighted by Crippen LogP contribution is -2.14. The van der Waals surface area contributed by atoms with Crippen LogP contribution in [0.1, 0.15) is 21.5 Å². The molecule has 6 heteroatoms. The van der Waals surface area contributed by atoms with Gasteiger partial charge in [-0.1, -0.05) is 41.9 Å². The normalized spacial score (nSPS) is 10.4. The van der Waals surface area contributed by atoms with Gasteiger partial charge in [0.15, 0.2) is 11.5 Å². The van der Waals surface area contributed by atoms with Gasteiger partial charge in [-0.3, -0.25) is 4.79 Å². The van der Waals surface area contributed by atoms with E-state index < -0.39 is 0 Å². The largest absolute Gasteiger partial charge is 0.493 e. The summed E-state index contributed by atoms with van der Waals surface area (Å²) < 4.78 is 10.6. The van der Waals surface area contributed by atoms with Crippen molar-refractivity contribution in [2.24, 2.45) is 0 Å². The summed E-state index contributed by atoms with van der Waals surface area (Å²) in [6, 6.07) is 20.5. The first-order valence-corrected chi connectivity index (χ1v) is 9.55. The Hall–Kier alpha value is -3.02. The Kier molecular flexibility index (Phi) is 7.11. The van der Waals surface area contributed by atoms with Gasteiger partial charge in [-0.2, -0.15) is 0 Å². The van der Waals surface area contributed by atoms with Crippen molar-refractivity contribution in [3.63, 3.8) is 0 Å². The van der Waals surface area contributed by atoms with Crippen molar-refractivity contribution >= 4 is 23.2 Å². The minimum atomic E-state index is -0.231. The molecule has 5 nitrogen and oxygen atoms in total. The minimum absolute atomic E-state index is 0.231. The molecule has 0 spiro atoms. The summed E-state index contributed by atoms with van der Waals surface area (Å²) in [4.78, 5) is 12.4. The van der Waals surface area contributed by atoms with Gasteiger partial charge >= 0.3 is 0 Å². The van der Waals surface area contributed by atoms with Crippen LogP contribution < -0.4 is 20.1 Å². The van der Waals surface area contributed by atoms with Crippen LogP contribution >= 0.6 is 11.6 Å². The van der Waals surface area contributed by atoms with E-state index in [1.165, 1.54) is 0 Å². The van der Waals surface area contributed by atoms with E-state index in [1.807, 2.05) is 42.5 Å². The molecule has 3 aromatic carbocycles. The van der Waals surface area contributed by atoms with E-state index >= 15 is 0 Å². The first-order chi connectivity index (χ1) is 14.1. The number of hydrogen-bond acceptors (Lipinski definition) is 4. The fourth-order valence-corrected chi connectivity index (χ4v) is 3.17. The van der Waals surface area contributed by atoms with Crippen LogP contribution in [0.3, 0.4) is 0 Å². The zero-order chi connectivity index (χ0) is 20.6. The van der Waals surface area contributed by atoms with Gasteiger partial charge in [-0.25, -0.2) is 0 Å². The molecule has 0 saturated carbocycles. The van der Waals surface area contributed by atoms with Crippen molar-refractivity contribution in [3.05, 3.63) is 88.4 Å². The number of benzene rings is 3. The van der Waals surface area contributed by atoms with Crippen LogP contribution in [0, 0.1) is 0 Å². The number of anilines is 1. The maximum Gasteiger partial charge on any atom is 0.257 e. The summed E-state index contributed by atoms with van der Waals surface area (Å²) in [5, 5.41) is 6.72. The molecule has 0 aliphatic rings. The second-order valence-corrected chi connectivity index (χ2v) is 6.83. The number of methoxy groups -OCH3 is 2. The average molecular weight is 411 g/mol. The molecule has 0 saturated heterocycles. The van der Waals surface area contributed by atoms with E-state index in [1.54, 1.807) is 38.5 Å². The van der Waals surface area contributed by atoms with Crippen LogP contribution in [0.5, 0.6) is 11.5 Å².